The highest BCUT2D eigenvalue weighted by molar-refractivity contribution is 5.85. The first kappa shape index (κ1) is 18.5. The first-order chi connectivity index (χ1) is 11.9. The zero-order valence-electron chi connectivity index (χ0n) is 14.6. The minimum absolute atomic E-state index is 0.202. The third kappa shape index (κ3) is 4.82. The summed E-state index contributed by atoms with van der Waals surface area (Å²) in [6.45, 7) is 5.96. The number of nitrogens with one attached hydrogen (secondary N) is 2. The molecule has 0 aliphatic rings. The van der Waals surface area contributed by atoms with Crippen LogP contribution in [0.15, 0.2) is 24.3 Å². The van der Waals surface area contributed by atoms with Gasteiger partial charge in [-0.25, -0.2) is 4.79 Å². The minimum atomic E-state index is -1.11. The van der Waals surface area contributed by atoms with Crippen LogP contribution in [0.5, 0.6) is 5.75 Å². The van der Waals surface area contributed by atoms with Crippen molar-refractivity contribution >= 4 is 11.9 Å². The Balaban J connectivity index is 1.97. The first-order valence-corrected chi connectivity index (χ1v) is 8.17. The topological polar surface area (TPSA) is 104 Å². The Morgan fingerprint density at radius 3 is 2.48 bits per heavy atom. The van der Waals surface area contributed by atoms with Gasteiger partial charge in [0.25, 0.3) is 0 Å². The van der Waals surface area contributed by atoms with Gasteiger partial charge in [0.15, 0.2) is 6.04 Å². The maximum atomic E-state index is 12.2. The summed E-state index contributed by atoms with van der Waals surface area (Å²) < 4.78 is 5.38. The van der Waals surface area contributed by atoms with E-state index in [1.807, 2.05) is 31.2 Å². The zero-order chi connectivity index (χ0) is 18.4. The standard InChI is InChI=1S/C18H23N3O4/c1-4-25-14-8-5-13(6-9-14)7-10-15(22)19-17(18(23)24)16-11(2)20-21-12(16)3/h5-6,8-9,17H,4,7,10H2,1-3H3,(H,19,22)(H,20,21)(H,23,24)/t17-/m0/s1. The number of carbonyl (C=O) groups is 2. The van der Waals surface area contributed by atoms with Crippen LogP contribution in [0.1, 0.15) is 41.9 Å². The second kappa shape index (κ2) is 8.32. The van der Waals surface area contributed by atoms with E-state index < -0.39 is 12.0 Å². The Morgan fingerprint density at radius 2 is 1.96 bits per heavy atom. The molecular weight excluding hydrogens is 322 g/mol. The number of H-pyrrole nitrogens is 1. The molecule has 1 amide bonds. The lowest BCUT2D eigenvalue weighted by atomic mass is 10.0. The van der Waals surface area contributed by atoms with Gasteiger partial charge in [-0.05, 0) is 44.9 Å². The van der Waals surface area contributed by atoms with Gasteiger partial charge in [-0.2, -0.15) is 5.10 Å². The Bertz CT molecular complexity index is 718. The summed E-state index contributed by atoms with van der Waals surface area (Å²) in [6.07, 6.45) is 0.724. The Labute approximate surface area is 146 Å². The summed E-state index contributed by atoms with van der Waals surface area (Å²) in [6, 6.07) is 6.41. The minimum Gasteiger partial charge on any atom is -0.494 e. The van der Waals surface area contributed by atoms with Crippen LogP contribution >= 0.6 is 0 Å². The van der Waals surface area contributed by atoms with Gasteiger partial charge in [0.1, 0.15) is 5.75 Å². The maximum absolute atomic E-state index is 12.2. The Morgan fingerprint density at radius 1 is 1.28 bits per heavy atom. The number of hydrogen-bond donors (Lipinski definition) is 3. The number of rotatable bonds is 8. The van der Waals surface area contributed by atoms with Crippen molar-refractivity contribution in [2.45, 2.75) is 39.7 Å². The number of amides is 1. The molecule has 0 spiro atoms. The lowest BCUT2D eigenvalue weighted by molar-refractivity contribution is -0.142. The van der Waals surface area contributed by atoms with E-state index in [0.29, 0.717) is 30.0 Å². The molecule has 0 radical (unpaired) electrons. The zero-order valence-corrected chi connectivity index (χ0v) is 14.6. The third-order valence-electron chi connectivity index (χ3n) is 3.90. The average molecular weight is 345 g/mol. The van der Waals surface area contributed by atoms with Crippen molar-refractivity contribution in [2.24, 2.45) is 0 Å². The molecule has 2 rings (SSSR count). The van der Waals surface area contributed by atoms with Gasteiger partial charge in [-0.1, -0.05) is 12.1 Å². The smallest absolute Gasteiger partial charge is 0.331 e. The molecule has 3 N–H and O–H groups in total. The van der Waals surface area contributed by atoms with Crippen molar-refractivity contribution in [3.05, 3.63) is 46.8 Å². The lowest BCUT2D eigenvalue weighted by Crippen LogP contribution is -2.34. The van der Waals surface area contributed by atoms with Crippen LogP contribution in [0.2, 0.25) is 0 Å². The van der Waals surface area contributed by atoms with E-state index in [1.54, 1.807) is 13.8 Å². The van der Waals surface area contributed by atoms with Crippen molar-refractivity contribution in [1.29, 1.82) is 0 Å². The van der Waals surface area contributed by atoms with E-state index >= 15 is 0 Å². The van der Waals surface area contributed by atoms with Crippen molar-refractivity contribution < 1.29 is 19.4 Å². The highest BCUT2D eigenvalue weighted by Crippen LogP contribution is 2.20. The molecule has 0 bridgehead atoms. The number of nitrogens with zero attached hydrogens (tertiary/aromatic N) is 1. The van der Waals surface area contributed by atoms with Crippen LogP contribution in [-0.2, 0) is 16.0 Å². The molecule has 1 aromatic carbocycles. The molecule has 1 aromatic heterocycles. The van der Waals surface area contributed by atoms with Gasteiger partial charge in [-0.15, -0.1) is 0 Å². The predicted molar refractivity (Wildman–Crippen MR) is 92.5 cm³/mol. The summed E-state index contributed by atoms with van der Waals surface area (Å²) in [5, 5.41) is 18.8. The van der Waals surface area contributed by atoms with Gasteiger partial charge in [0.2, 0.25) is 5.91 Å². The molecule has 25 heavy (non-hydrogen) atoms. The number of benzene rings is 1. The van der Waals surface area contributed by atoms with E-state index in [0.717, 1.165) is 11.3 Å². The first-order valence-electron chi connectivity index (χ1n) is 8.17. The lowest BCUT2D eigenvalue weighted by Gasteiger charge is -2.15. The monoisotopic (exact) mass is 345 g/mol. The largest absolute Gasteiger partial charge is 0.494 e. The highest BCUT2D eigenvalue weighted by atomic mass is 16.5. The van der Waals surface area contributed by atoms with E-state index in [9.17, 15) is 14.7 Å². The quantitative estimate of drug-likeness (QED) is 0.681. The average Bonchev–Trinajstić information content (AvgIpc) is 2.91. The van der Waals surface area contributed by atoms with Gasteiger partial charge < -0.3 is 15.2 Å². The van der Waals surface area contributed by atoms with E-state index in [-0.39, 0.29) is 12.3 Å². The van der Waals surface area contributed by atoms with Gasteiger partial charge in [0.05, 0.1) is 12.3 Å². The molecule has 1 atom stereocenters. The molecule has 0 saturated heterocycles. The van der Waals surface area contributed by atoms with Crippen molar-refractivity contribution in [3.63, 3.8) is 0 Å². The number of carboxylic acid groups (broad SMARTS) is 1. The second-order valence-electron chi connectivity index (χ2n) is 5.76. The number of aromatic nitrogens is 2. The van der Waals surface area contributed by atoms with E-state index in [4.69, 9.17) is 4.74 Å². The molecule has 1 heterocycles. The van der Waals surface area contributed by atoms with Crippen LogP contribution in [0.25, 0.3) is 0 Å². The van der Waals surface area contributed by atoms with Crippen LogP contribution in [0.4, 0.5) is 0 Å². The van der Waals surface area contributed by atoms with E-state index in [2.05, 4.69) is 15.5 Å². The number of carboxylic acids is 1. The van der Waals surface area contributed by atoms with Crippen LogP contribution in [0.3, 0.4) is 0 Å². The SMILES string of the molecule is CCOc1ccc(CCC(=O)N[C@H](C(=O)O)c2c(C)n[nH]c2C)cc1. The molecule has 0 aliphatic heterocycles. The van der Waals surface area contributed by atoms with Gasteiger partial charge in [-0.3, -0.25) is 9.89 Å². The number of carbonyl (C=O) groups excluding carboxylic acids is 1. The molecule has 0 unspecified atom stereocenters. The molecule has 7 heteroatoms. The molecule has 0 aliphatic carbocycles. The normalized spacial score (nSPS) is 11.8. The number of aryl methyl sites for hydroxylation is 3. The molecule has 134 valence electrons. The van der Waals surface area contributed by atoms with Gasteiger partial charge in [0, 0.05) is 17.7 Å². The third-order valence-corrected chi connectivity index (χ3v) is 3.90. The Hall–Kier alpha value is -2.83. The predicted octanol–water partition coefficient (Wildman–Crippen LogP) is 2.30. The van der Waals surface area contributed by atoms with Crippen molar-refractivity contribution in [1.82, 2.24) is 15.5 Å². The number of hydrogen-bond acceptors (Lipinski definition) is 4. The summed E-state index contributed by atoms with van der Waals surface area (Å²) >= 11 is 0. The van der Waals surface area contributed by atoms with Gasteiger partial charge >= 0.3 is 5.97 Å². The Kier molecular flexibility index (Phi) is 6.16. The molecule has 7 nitrogen and oxygen atoms in total. The van der Waals surface area contributed by atoms with Crippen molar-refractivity contribution in [2.75, 3.05) is 6.61 Å². The van der Waals surface area contributed by atoms with E-state index in [1.165, 1.54) is 0 Å². The van der Waals surface area contributed by atoms with Crippen LogP contribution in [0, 0.1) is 13.8 Å². The summed E-state index contributed by atoms with van der Waals surface area (Å²) in [5.41, 5.74) is 2.69. The molecule has 2 aromatic rings. The fourth-order valence-corrected chi connectivity index (χ4v) is 2.65. The van der Waals surface area contributed by atoms with Crippen LogP contribution in [-0.4, -0.2) is 33.8 Å². The number of aromatic amines is 1. The number of aliphatic carboxylic acids is 1. The number of ether oxygens (including phenoxy) is 1. The molecular formula is C18H23N3O4. The fraction of sp³-hybridized carbons (Fsp3) is 0.389. The van der Waals surface area contributed by atoms with Crippen LogP contribution < -0.4 is 10.1 Å². The molecule has 0 saturated carbocycles. The highest BCUT2D eigenvalue weighted by Gasteiger charge is 2.27. The van der Waals surface area contributed by atoms with Crippen molar-refractivity contribution in [3.8, 4) is 5.75 Å². The fourth-order valence-electron chi connectivity index (χ4n) is 2.65. The summed E-state index contributed by atoms with van der Waals surface area (Å²) in [4.78, 5) is 23.7. The summed E-state index contributed by atoms with van der Waals surface area (Å²) in [5.74, 6) is -0.643. The molecule has 0 fully saturated rings. The maximum Gasteiger partial charge on any atom is 0.331 e. The summed E-state index contributed by atoms with van der Waals surface area (Å²) in [7, 11) is 0. The second-order valence-corrected chi connectivity index (χ2v) is 5.76.